The average Bonchev–Trinajstić information content (AvgIpc) is 2.72. The molecular weight excluding hydrogens is 168 g/mol. The lowest BCUT2D eigenvalue weighted by atomic mass is 10.2. The third-order valence-corrected chi connectivity index (χ3v) is 3.16. The molecule has 3 nitrogen and oxygen atoms in total. The van der Waals surface area contributed by atoms with Gasteiger partial charge < -0.3 is 9.47 Å². The van der Waals surface area contributed by atoms with Crippen LogP contribution in [0.2, 0.25) is 0 Å². The van der Waals surface area contributed by atoms with Crippen molar-refractivity contribution < 1.29 is 14.3 Å². The summed E-state index contributed by atoms with van der Waals surface area (Å²) in [4.78, 5) is 11.4. The van der Waals surface area contributed by atoms with Crippen molar-refractivity contribution in [2.75, 3.05) is 13.7 Å². The molecule has 76 valence electrons. The Hall–Kier alpha value is -0.570. The summed E-state index contributed by atoms with van der Waals surface area (Å²) in [5, 5.41) is 0. The van der Waals surface area contributed by atoms with E-state index in [4.69, 9.17) is 9.47 Å². The van der Waals surface area contributed by atoms with Gasteiger partial charge in [-0.2, -0.15) is 0 Å². The Kier molecular flexibility index (Phi) is 2.96. The van der Waals surface area contributed by atoms with Gasteiger partial charge in [0.15, 0.2) is 0 Å². The molecule has 0 N–H and O–H groups in total. The highest BCUT2D eigenvalue weighted by Gasteiger charge is 2.66. The molecule has 13 heavy (non-hydrogen) atoms. The van der Waals surface area contributed by atoms with Crippen LogP contribution in [0.4, 0.5) is 0 Å². The van der Waals surface area contributed by atoms with E-state index < -0.39 is 0 Å². The van der Waals surface area contributed by atoms with Crippen LogP contribution in [0.1, 0.15) is 27.2 Å². The summed E-state index contributed by atoms with van der Waals surface area (Å²) < 4.78 is 10.4. The van der Waals surface area contributed by atoms with Crippen molar-refractivity contribution in [1.29, 1.82) is 0 Å². The van der Waals surface area contributed by atoms with Crippen molar-refractivity contribution in [3.63, 3.8) is 0 Å². The number of carbonyl (C=O) groups excluding carboxylic acids is 1. The molecule has 3 heteroatoms. The molecule has 0 aliphatic heterocycles. The van der Waals surface area contributed by atoms with Gasteiger partial charge in [-0.3, -0.25) is 4.79 Å². The van der Waals surface area contributed by atoms with E-state index in [-0.39, 0.29) is 17.5 Å². The van der Waals surface area contributed by atoms with Crippen molar-refractivity contribution in [3.05, 3.63) is 0 Å². The summed E-state index contributed by atoms with van der Waals surface area (Å²) in [6.45, 7) is 6.35. The summed E-state index contributed by atoms with van der Waals surface area (Å²) in [6.07, 6.45) is 0.869. The Morgan fingerprint density at radius 2 is 2.08 bits per heavy atom. The van der Waals surface area contributed by atoms with Gasteiger partial charge in [-0.25, -0.2) is 0 Å². The summed E-state index contributed by atoms with van der Waals surface area (Å²) in [7, 11) is 1.67. The van der Waals surface area contributed by atoms with Gasteiger partial charge in [0.05, 0.1) is 18.1 Å². The minimum Gasteiger partial charge on any atom is -0.466 e. The molecule has 0 bridgehead atoms. The van der Waals surface area contributed by atoms with Gasteiger partial charge in [0.1, 0.15) is 0 Å². The molecule has 1 rings (SSSR count). The number of rotatable bonds is 4. The van der Waals surface area contributed by atoms with Crippen LogP contribution in [0.3, 0.4) is 0 Å². The fraction of sp³-hybridized carbons (Fsp3) is 0.900. The second-order valence-electron chi connectivity index (χ2n) is 3.53. The van der Waals surface area contributed by atoms with Crippen LogP contribution in [0.15, 0.2) is 0 Å². The summed E-state index contributed by atoms with van der Waals surface area (Å²) in [5.74, 6) is 0.127. The first-order valence-corrected chi connectivity index (χ1v) is 4.85. The smallest absolute Gasteiger partial charge is 0.312 e. The van der Waals surface area contributed by atoms with Crippen LogP contribution >= 0.6 is 0 Å². The Morgan fingerprint density at radius 3 is 2.38 bits per heavy atom. The Balaban J connectivity index is 2.60. The SMILES string of the molecule is CCOC(=O)C1C(C)C1(CC)OC. The molecule has 0 heterocycles. The van der Waals surface area contributed by atoms with E-state index in [9.17, 15) is 4.79 Å². The molecule has 0 saturated heterocycles. The zero-order valence-electron chi connectivity index (χ0n) is 8.79. The van der Waals surface area contributed by atoms with E-state index in [0.717, 1.165) is 6.42 Å². The molecule has 1 aliphatic rings. The van der Waals surface area contributed by atoms with Crippen molar-refractivity contribution in [2.45, 2.75) is 32.8 Å². The van der Waals surface area contributed by atoms with Crippen LogP contribution in [-0.2, 0) is 14.3 Å². The Bertz CT molecular complexity index is 196. The first-order valence-electron chi connectivity index (χ1n) is 4.85. The maximum Gasteiger partial charge on any atom is 0.312 e. The highest BCUT2D eigenvalue weighted by atomic mass is 16.5. The van der Waals surface area contributed by atoms with Gasteiger partial charge in [0.2, 0.25) is 0 Å². The van der Waals surface area contributed by atoms with Gasteiger partial charge in [-0.05, 0) is 13.3 Å². The second-order valence-corrected chi connectivity index (χ2v) is 3.53. The number of methoxy groups -OCH3 is 1. The molecule has 1 fully saturated rings. The topological polar surface area (TPSA) is 35.5 Å². The fourth-order valence-corrected chi connectivity index (χ4v) is 2.23. The summed E-state index contributed by atoms with van der Waals surface area (Å²) in [6, 6.07) is 0. The quantitative estimate of drug-likeness (QED) is 0.626. The van der Waals surface area contributed by atoms with E-state index in [0.29, 0.717) is 12.5 Å². The molecular formula is C10H18O3. The Morgan fingerprint density at radius 1 is 1.46 bits per heavy atom. The monoisotopic (exact) mass is 186 g/mol. The molecule has 3 atom stereocenters. The van der Waals surface area contributed by atoms with Gasteiger partial charge in [-0.15, -0.1) is 0 Å². The molecule has 0 aromatic carbocycles. The predicted octanol–water partition coefficient (Wildman–Crippen LogP) is 1.61. The largest absolute Gasteiger partial charge is 0.466 e. The van der Waals surface area contributed by atoms with Crippen LogP contribution in [0.25, 0.3) is 0 Å². The van der Waals surface area contributed by atoms with Crippen LogP contribution in [0, 0.1) is 11.8 Å². The first-order chi connectivity index (χ1) is 6.14. The average molecular weight is 186 g/mol. The number of hydrogen-bond acceptors (Lipinski definition) is 3. The van der Waals surface area contributed by atoms with Crippen LogP contribution in [0.5, 0.6) is 0 Å². The lowest BCUT2D eigenvalue weighted by Crippen LogP contribution is -2.20. The zero-order valence-corrected chi connectivity index (χ0v) is 8.79. The highest BCUT2D eigenvalue weighted by Crippen LogP contribution is 2.55. The minimum absolute atomic E-state index is 0.0533. The number of carbonyl (C=O) groups is 1. The molecule has 0 aromatic rings. The van der Waals surface area contributed by atoms with Crippen molar-refractivity contribution in [2.24, 2.45) is 11.8 Å². The third-order valence-electron chi connectivity index (χ3n) is 3.16. The molecule has 1 saturated carbocycles. The van der Waals surface area contributed by atoms with E-state index in [2.05, 4.69) is 0 Å². The number of hydrogen-bond donors (Lipinski definition) is 0. The first kappa shape index (κ1) is 10.5. The van der Waals surface area contributed by atoms with Gasteiger partial charge in [0, 0.05) is 13.0 Å². The fourth-order valence-electron chi connectivity index (χ4n) is 2.23. The molecule has 0 radical (unpaired) electrons. The van der Waals surface area contributed by atoms with E-state index >= 15 is 0 Å². The van der Waals surface area contributed by atoms with Crippen LogP contribution < -0.4 is 0 Å². The van der Waals surface area contributed by atoms with E-state index in [1.54, 1.807) is 7.11 Å². The third kappa shape index (κ3) is 1.46. The van der Waals surface area contributed by atoms with E-state index in [1.165, 1.54) is 0 Å². The highest BCUT2D eigenvalue weighted by molar-refractivity contribution is 5.78. The van der Waals surface area contributed by atoms with Gasteiger partial charge in [0.25, 0.3) is 0 Å². The van der Waals surface area contributed by atoms with Crippen molar-refractivity contribution in [3.8, 4) is 0 Å². The number of esters is 1. The maximum atomic E-state index is 11.4. The van der Waals surface area contributed by atoms with E-state index in [1.807, 2.05) is 20.8 Å². The standard InChI is InChI=1S/C10H18O3/c1-5-10(12-4)7(3)8(10)9(11)13-6-2/h7-8H,5-6H2,1-4H3. The van der Waals surface area contributed by atoms with Gasteiger partial charge in [-0.1, -0.05) is 13.8 Å². The van der Waals surface area contributed by atoms with Gasteiger partial charge >= 0.3 is 5.97 Å². The maximum absolute atomic E-state index is 11.4. The second kappa shape index (κ2) is 3.66. The lowest BCUT2D eigenvalue weighted by molar-refractivity contribution is -0.147. The Labute approximate surface area is 79.4 Å². The normalized spacial score (nSPS) is 37.2. The lowest BCUT2D eigenvalue weighted by Gasteiger charge is -2.12. The molecule has 3 unspecified atom stereocenters. The molecule has 1 aliphatic carbocycles. The van der Waals surface area contributed by atoms with Crippen molar-refractivity contribution >= 4 is 5.97 Å². The molecule has 0 amide bonds. The van der Waals surface area contributed by atoms with Crippen molar-refractivity contribution in [1.82, 2.24) is 0 Å². The zero-order chi connectivity index (χ0) is 10.1. The molecule has 0 aromatic heterocycles. The summed E-state index contributed by atoms with van der Waals surface area (Å²) in [5.41, 5.74) is -0.244. The molecule has 0 spiro atoms. The summed E-state index contributed by atoms with van der Waals surface area (Å²) >= 11 is 0. The minimum atomic E-state index is -0.244. The predicted molar refractivity (Wildman–Crippen MR) is 49.3 cm³/mol. The number of ether oxygens (including phenoxy) is 2. The van der Waals surface area contributed by atoms with Crippen LogP contribution in [-0.4, -0.2) is 25.3 Å².